The predicted molar refractivity (Wildman–Crippen MR) is 71.0 cm³/mol. The highest BCUT2D eigenvalue weighted by atomic mass is 19.1. The van der Waals surface area contributed by atoms with Gasteiger partial charge in [-0.05, 0) is 37.4 Å². The van der Waals surface area contributed by atoms with E-state index >= 15 is 0 Å². The quantitative estimate of drug-likeness (QED) is 0.759. The molecular formula is C14H20FNO3. The van der Waals surface area contributed by atoms with Crippen LogP contribution in [0.1, 0.15) is 25.3 Å². The van der Waals surface area contributed by atoms with Gasteiger partial charge in [0.25, 0.3) is 0 Å². The Kier molecular flexibility index (Phi) is 6.29. The summed E-state index contributed by atoms with van der Waals surface area (Å²) in [4.78, 5) is 11.1. The van der Waals surface area contributed by atoms with Crippen molar-refractivity contribution in [1.29, 1.82) is 0 Å². The van der Waals surface area contributed by atoms with Crippen LogP contribution < -0.4 is 10.1 Å². The first-order valence-electron chi connectivity index (χ1n) is 6.37. The minimum atomic E-state index is -0.885. The number of aliphatic carboxylic acids is 1. The first-order chi connectivity index (χ1) is 9.10. The van der Waals surface area contributed by atoms with E-state index in [0.29, 0.717) is 24.9 Å². The highest BCUT2D eigenvalue weighted by molar-refractivity contribution is 5.73. The molecule has 0 fully saturated rings. The van der Waals surface area contributed by atoms with Crippen molar-refractivity contribution in [2.75, 3.05) is 13.7 Å². The van der Waals surface area contributed by atoms with Gasteiger partial charge in [-0.1, -0.05) is 19.1 Å². The molecule has 0 radical (unpaired) electrons. The maximum Gasteiger partial charge on any atom is 0.320 e. The second-order valence-corrected chi connectivity index (χ2v) is 4.32. The van der Waals surface area contributed by atoms with Gasteiger partial charge in [-0.3, -0.25) is 4.79 Å². The number of hydrogen-bond donors (Lipinski definition) is 2. The minimum Gasteiger partial charge on any atom is -0.493 e. The molecule has 1 aromatic rings. The smallest absolute Gasteiger partial charge is 0.320 e. The summed E-state index contributed by atoms with van der Waals surface area (Å²) < 4.78 is 18.5. The topological polar surface area (TPSA) is 58.6 Å². The highest BCUT2D eigenvalue weighted by Gasteiger charge is 2.17. The lowest BCUT2D eigenvalue weighted by Gasteiger charge is -2.15. The van der Waals surface area contributed by atoms with Crippen molar-refractivity contribution in [3.8, 4) is 5.75 Å². The Hall–Kier alpha value is -1.62. The molecule has 5 heteroatoms. The van der Waals surface area contributed by atoms with Gasteiger partial charge in [-0.15, -0.1) is 0 Å². The van der Waals surface area contributed by atoms with Gasteiger partial charge in [0, 0.05) is 0 Å². The second kappa shape index (κ2) is 7.74. The molecule has 1 atom stereocenters. The van der Waals surface area contributed by atoms with Crippen LogP contribution in [0.25, 0.3) is 0 Å². The number of para-hydroxylation sites is 1. The van der Waals surface area contributed by atoms with E-state index in [1.54, 1.807) is 12.1 Å². The average Bonchev–Trinajstić information content (AvgIpc) is 2.38. The van der Waals surface area contributed by atoms with E-state index in [9.17, 15) is 9.18 Å². The van der Waals surface area contributed by atoms with Crippen molar-refractivity contribution >= 4 is 5.97 Å². The van der Waals surface area contributed by atoms with E-state index in [1.807, 2.05) is 6.92 Å². The minimum absolute atomic E-state index is 0.196. The normalized spacial score (nSPS) is 12.2. The Morgan fingerprint density at radius 3 is 2.84 bits per heavy atom. The van der Waals surface area contributed by atoms with E-state index in [0.717, 1.165) is 6.42 Å². The Balaban J connectivity index is 2.68. The molecule has 0 aliphatic rings. The zero-order valence-electron chi connectivity index (χ0n) is 11.3. The third-order valence-corrected chi connectivity index (χ3v) is 2.89. The maximum absolute atomic E-state index is 13.5. The molecule has 0 bridgehead atoms. The van der Waals surface area contributed by atoms with Crippen LogP contribution in [0.15, 0.2) is 18.2 Å². The first kappa shape index (κ1) is 15.4. The molecule has 1 rings (SSSR count). The molecule has 1 aromatic carbocycles. The Bertz CT molecular complexity index is 423. The second-order valence-electron chi connectivity index (χ2n) is 4.32. The van der Waals surface area contributed by atoms with E-state index in [2.05, 4.69) is 5.32 Å². The summed E-state index contributed by atoms with van der Waals surface area (Å²) in [6, 6.07) is 4.06. The van der Waals surface area contributed by atoms with E-state index in [-0.39, 0.29) is 5.75 Å². The van der Waals surface area contributed by atoms with Crippen molar-refractivity contribution in [2.45, 2.75) is 32.2 Å². The molecular weight excluding hydrogens is 249 g/mol. The molecule has 106 valence electrons. The van der Waals surface area contributed by atoms with Crippen molar-refractivity contribution < 1.29 is 19.0 Å². The molecule has 0 heterocycles. The maximum atomic E-state index is 13.5. The number of rotatable bonds is 8. The van der Waals surface area contributed by atoms with Crippen molar-refractivity contribution in [3.63, 3.8) is 0 Å². The van der Waals surface area contributed by atoms with Crippen LogP contribution in [-0.4, -0.2) is 30.8 Å². The molecule has 0 saturated carbocycles. The number of carbonyl (C=O) groups is 1. The number of carboxylic acid groups (broad SMARTS) is 1. The monoisotopic (exact) mass is 269 g/mol. The van der Waals surface area contributed by atoms with Crippen molar-refractivity contribution in [1.82, 2.24) is 5.32 Å². The van der Waals surface area contributed by atoms with Gasteiger partial charge in [0.2, 0.25) is 0 Å². The van der Waals surface area contributed by atoms with Crippen LogP contribution in [0.3, 0.4) is 0 Å². The number of ether oxygens (including phenoxy) is 1. The molecule has 0 spiro atoms. The number of nitrogens with one attached hydrogen (secondary N) is 1. The van der Waals surface area contributed by atoms with Crippen LogP contribution >= 0.6 is 0 Å². The Morgan fingerprint density at radius 2 is 2.26 bits per heavy atom. The molecule has 4 nitrogen and oxygen atoms in total. The molecule has 0 unspecified atom stereocenters. The summed E-state index contributed by atoms with van der Waals surface area (Å²) >= 11 is 0. The van der Waals surface area contributed by atoms with Crippen LogP contribution in [0.5, 0.6) is 5.75 Å². The number of benzene rings is 1. The van der Waals surface area contributed by atoms with Gasteiger partial charge in [0.15, 0.2) is 11.6 Å². The van der Waals surface area contributed by atoms with Gasteiger partial charge < -0.3 is 15.2 Å². The van der Waals surface area contributed by atoms with Gasteiger partial charge in [0.05, 0.1) is 7.11 Å². The van der Waals surface area contributed by atoms with E-state index < -0.39 is 17.8 Å². The van der Waals surface area contributed by atoms with Crippen molar-refractivity contribution in [2.24, 2.45) is 0 Å². The molecule has 0 aliphatic carbocycles. The zero-order valence-corrected chi connectivity index (χ0v) is 11.3. The van der Waals surface area contributed by atoms with Gasteiger partial charge in [-0.25, -0.2) is 4.39 Å². The number of carboxylic acids is 1. The van der Waals surface area contributed by atoms with Crippen LogP contribution in [0.2, 0.25) is 0 Å². The number of halogens is 1. The summed E-state index contributed by atoms with van der Waals surface area (Å²) in [6.45, 7) is 2.62. The molecule has 19 heavy (non-hydrogen) atoms. The summed E-state index contributed by atoms with van der Waals surface area (Å²) in [5, 5.41) is 12.0. The van der Waals surface area contributed by atoms with Crippen LogP contribution in [0, 0.1) is 5.82 Å². The number of aryl methyl sites for hydroxylation is 1. The fourth-order valence-electron chi connectivity index (χ4n) is 1.91. The van der Waals surface area contributed by atoms with Crippen molar-refractivity contribution in [3.05, 3.63) is 29.6 Å². The average molecular weight is 269 g/mol. The Morgan fingerprint density at radius 1 is 1.53 bits per heavy atom. The van der Waals surface area contributed by atoms with Crippen LogP contribution in [0.4, 0.5) is 4.39 Å². The fourth-order valence-corrected chi connectivity index (χ4v) is 1.91. The third-order valence-electron chi connectivity index (χ3n) is 2.89. The third kappa shape index (κ3) is 4.52. The predicted octanol–water partition coefficient (Wildman–Crippen LogP) is 2.22. The fraction of sp³-hybridized carbons (Fsp3) is 0.500. The first-order valence-corrected chi connectivity index (χ1v) is 6.37. The van der Waals surface area contributed by atoms with E-state index in [1.165, 1.54) is 13.2 Å². The summed E-state index contributed by atoms with van der Waals surface area (Å²) in [5.74, 6) is -1.11. The van der Waals surface area contributed by atoms with E-state index in [4.69, 9.17) is 9.84 Å². The Labute approximate surface area is 112 Å². The van der Waals surface area contributed by atoms with Gasteiger partial charge >= 0.3 is 5.97 Å². The molecule has 0 amide bonds. The SMILES string of the molecule is CCCN[C@@H](CCc1cccc(F)c1OC)C(=O)O. The summed E-state index contributed by atoms with van der Waals surface area (Å²) in [5.41, 5.74) is 0.687. The lowest BCUT2D eigenvalue weighted by Crippen LogP contribution is -2.37. The van der Waals surface area contributed by atoms with Gasteiger partial charge in [0.1, 0.15) is 6.04 Å². The molecule has 0 saturated heterocycles. The lowest BCUT2D eigenvalue weighted by atomic mass is 10.0. The number of methoxy groups -OCH3 is 1. The summed E-state index contributed by atoms with van der Waals surface area (Å²) in [6.07, 6.45) is 1.72. The van der Waals surface area contributed by atoms with Crippen LogP contribution in [-0.2, 0) is 11.2 Å². The summed E-state index contributed by atoms with van der Waals surface area (Å²) in [7, 11) is 1.41. The number of hydrogen-bond acceptors (Lipinski definition) is 3. The molecule has 0 aliphatic heterocycles. The molecule has 2 N–H and O–H groups in total. The molecule has 0 aromatic heterocycles. The largest absolute Gasteiger partial charge is 0.493 e. The van der Waals surface area contributed by atoms with Gasteiger partial charge in [-0.2, -0.15) is 0 Å². The highest BCUT2D eigenvalue weighted by Crippen LogP contribution is 2.23. The zero-order chi connectivity index (χ0) is 14.3. The standard InChI is InChI=1S/C14H20FNO3/c1-3-9-16-12(14(17)18)8-7-10-5-4-6-11(15)13(10)19-2/h4-6,12,16H,3,7-9H2,1-2H3,(H,17,18)/t12-/m0/s1. The lowest BCUT2D eigenvalue weighted by molar-refractivity contribution is -0.139.